The smallest absolute Gasteiger partial charge is 0.305 e. The topological polar surface area (TPSA) is 33.2 Å². The van der Waals surface area contributed by atoms with Crippen LogP contribution in [0.15, 0.2) is 61.3 Å². The molecule has 0 saturated heterocycles. The standard InChI is InChI=1S/C16H13F3N2O/c1-2-10-21(13-6-4-3-5-7-13)15(22)12-8-9-14(20-11-12)16(17,18)19/h2-9,11H,1,10H2. The number of para-hydroxylation sites is 1. The van der Waals surface area contributed by atoms with Gasteiger partial charge in [-0.3, -0.25) is 9.78 Å². The van der Waals surface area contributed by atoms with Crippen molar-refractivity contribution in [3.05, 3.63) is 72.6 Å². The lowest BCUT2D eigenvalue weighted by Gasteiger charge is -2.21. The molecule has 1 amide bonds. The number of benzene rings is 1. The maximum atomic E-state index is 12.5. The van der Waals surface area contributed by atoms with E-state index in [0.717, 1.165) is 18.3 Å². The lowest BCUT2D eigenvalue weighted by molar-refractivity contribution is -0.141. The SMILES string of the molecule is C=CCN(C(=O)c1ccc(C(F)(F)F)nc1)c1ccccc1. The Kier molecular flexibility index (Phi) is 4.60. The molecule has 0 aliphatic heterocycles. The molecule has 1 aromatic carbocycles. The van der Waals surface area contributed by atoms with Crippen LogP contribution in [0.5, 0.6) is 0 Å². The van der Waals surface area contributed by atoms with Crippen LogP contribution in [-0.4, -0.2) is 17.4 Å². The summed E-state index contributed by atoms with van der Waals surface area (Å²) in [4.78, 5) is 17.2. The highest BCUT2D eigenvalue weighted by molar-refractivity contribution is 6.06. The molecule has 6 heteroatoms. The largest absolute Gasteiger partial charge is 0.433 e. The average molecular weight is 306 g/mol. The van der Waals surface area contributed by atoms with Gasteiger partial charge in [0, 0.05) is 18.4 Å². The third-order valence-electron chi connectivity index (χ3n) is 2.93. The summed E-state index contributed by atoms with van der Waals surface area (Å²) in [6, 6.07) is 10.7. The Morgan fingerprint density at radius 3 is 2.36 bits per heavy atom. The number of anilines is 1. The number of rotatable bonds is 4. The minimum Gasteiger partial charge on any atom is -0.305 e. The molecule has 0 unspecified atom stereocenters. The zero-order valence-electron chi connectivity index (χ0n) is 11.5. The molecule has 0 aliphatic carbocycles. The molecule has 1 aromatic heterocycles. The van der Waals surface area contributed by atoms with E-state index in [-0.39, 0.29) is 12.1 Å². The number of nitrogens with zero attached hydrogens (tertiary/aromatic N) is 2. The Balaban J connectivity index is 2.30. The van der Waals surface area contributed by atoms with Crippen LogP contribution in [0.2, 0.25) is 0 Å². The lowest BCUT2D eigenvalue weighted by atomic mass is 10.2. The van der Waals surface area contributed by atoms with Gasteiger partial charge in [0.25, 0.3) is 5.91 Å². The van der Waals surface area contributed by atoms with Gasteiger partial charge in [0.2, 0.25) is 0 Å². The Hall–Kier alpha value is -2.63. The molecule has 0 spiro atoms. The monoisotopic (exact) mass is 306 g/mol. The average Bonchev–Trinajstić information content (AvgIpc) is 2.52. The zero-order chi connectivity index (χ0) is 16.2. The summed E-state index contributed by atoms with van der Waals surface area (Å²) >= 11 is 0. The van der Waals surface area contributed by atoms with Crippen LogP contribution in [0.4, 0.5) is 18.9 Å². The Morgan fingerprint density at radius 2 is 1.86 bits per heavy atom. The van der Waals surface area contributed by atoms with Crippen LogP contribution in [0.3, 0.4) is 0 Å². The fourth-order valence-corrected chi connectivity index (χ4v) is 1.89. The number of amides is 1. The van der Waals surface area contributed by atoms with Crippen molar-refractivity contribution in [3.63, 3.8) is 0 Å². The predicted molar refractivity (Wildman–Crippen MR) is 77.6 cm³/mol. The molecule has 1 heterocycles. The molecule has 0 fully saturated rings. The van der Waals surface area contributed by atoms with Gasteiger partial charge in [-0.1, -0.05) is 24.3 Å². The first kappa shape index (κ1) is 15.8. The summed E-state index contributed by atoms with van der Waals surface area (Å²) in [6.45, 7) is 3.83. The normalized spacial score (nSPS) is 11.0. The van der Waals surface area contributed by atoms with E-state index in [9.17, 15) is 18.0 Å². The van der Waals surface area contributed by atoms with Gasteiger partial charge in [-0.05, 0) is 24.3 Å². The van der Waals surface area contributed by atoms with Gasteiger partial charge in [0.1, 0.15) is 5.69 Å². The van der Waals surface area contributed by atoms with Crippen molar-refractivity contribution in [3.8, 4) is 0 Å². The van der Waals surface area contributed by atoms with E-state index < -0.39 is 17.8 Å². The molecule has 22 heavy (non-hydrogen) atoms. The minimum absolute atomic E-state index is 0.0821. The number of alkyl halides is 3. The van der Waals surface area contributed by atoms with E-state index in [1.807, 2.05) is 0 Å². The molecule has 0 aliphatic rings. The first-order valence-electron chi connectivity index (χ1n) is 6.44. The first-order chi connectivity index (χ1) is 10.4. The molecular formula is C16H13F3N2O. The van der Waals surface area contributed by atoms with Gasteiger partial charge in [0.05, 0.1) is 5.56 Å². The third-order valence-corrected chi connectivity index (χ3v) is 2.93. The Morgan fingerprint density at radius 1 is 1.18 bits per heavy atom. The molecule has 0 bridgehead atoms. The van der Waals surface area contributed by atoms with Crippen molar-refractivity contribution in [2.45, 2.75) is 6.18 Å². The number of carbonyl (C=O) groups excluding carboxylic acids is 1. The summed E-state index contributed by atoms with van der Waals surface area (Å²) in [5, 5.41) is 0. The number of hydrogen-bond donors (Lipinski definition) is 0. The number of carbonyl (C=O) groups is 1. The highest BCUT2D eigenvalue weighted by Crippen LogP contribution is 2.27. The van der Waals surface area contributed by atoms with Crippen molar-refractivity contribution in [2.24, 2.45) is 0 Å². The van der Waals surface area contributed by atoms with Gasteiger partial charge in [-0.15, -0.1) is 6.58 Å². The van der Waals surface area contributed by atoms with E-state index in [1.165, 1.54) is 4.90 Å². The van der Waals surface area contributed by atoms with Crippen LogP contribution >= 0.6 is 0 Å². The van der Waals surface area contributed by atoms with Crippen molar-refractivity contribution < 1.29 is 18.0 Å². The molecule has 3 nitrogen and oxygen atoms in total. The molecule has 0 saturated carbocycles. The molecule has 2 rings (SSSR count). The number of hydrogen-bond acceptors (Lipinski definition) is 2. The van der Waals surface area contributed by atoms with Crippen LogP contribution in [0.25, 0.3) is 0 Å². The van der Waals surface area contributed by atoms with Crippen LogP contribution < -0.4 is 4.90 Å². The summed E-state index contributed by atoms with van der Waals surface area (Å²) < 4.78 is 37.5. The van der Waals surface area contributed by atoms with Gasteiger partial charge < -0.3 is 4.90 Å². The molecule has 2 aromatic rings. The van der Waals surface area contributed by atoms with Crippen molar-refractivity contribution in [1.29, 1.82) is 0 Å². The summed E-state index contributed by atoms with van der Waals surface area (Å²) in [7, 11) is 0. The maximum absolute atomic E-state index is 12.5. The van der Waals surface area contributed by atoms with E-state index in [2.05, 4.69) is 11.6 Å². The zero-order valence-corrected chi connectivity index (χ0v) is 11.5. The molecular weight excluding hydrogens is 293 g/mol. The Bertz CT molecular complexity index is 651. The Labute approximate surface area is 125 Å². The van der Waals surface area contributed by atoms with Crippen molar-refractivity contribution in [1.82, 2.24) is 4.98 Å². The van der Waals surface area contributed by atoms with Crippen molar-refractivity contribution >= 4 is 11.6 Å². The molecule has 114 valence electrons. The van der Waals surface area contributed by atoms with E-state index in [0.29, 0.717) is 5.69 Å². The van der Waals surface area contributed by atoms with Gasteiger partial charge in [-0.2, -0.15) is 13.2 Å². The van der Waals surface area contributed by atoms with Crippen molar-refractivity contribution in [2.75, 3.05) is 11.4 Å². The van der Waals surface area contributed by atoms with Crippen LogP contribution in [-0.2, 0) is 6.18 Å². The maximum Gasteiger partial charge on any atom is 0.433 e. The lowest BCUT2D eigenvalue weighted by Crippen LogP contribution is -2.31. The molecule has 0 radical (unpaired) electrons. The first-order valence-corrected chi connectivity index (χ1v) is 6.44. The summed E-state index contributed by atoms with van der Waals surface area (Å²) in [5.41, 5.74) is -0.315. The highest BCUT2D eigenvalue weighted by atomic mass is 19.4. The molecule has 0 N–H and O–H groups in total. The fourth-order valence-electron chi connectivity index (χ4n) is 1.89. The number of aromatic nitrogens is 1. The minimum atomic E-state index is -4.53. The summed E-state index contributed by atoms with van der Waals surface area (Å²) in [6.07, 6.45) is -2.05. The fraction of sp³-hybridized carbons (Fsp3) is 0.125. The van der Waals surface area contributed by atoms with Gasteiger partial charge in [-0.25, -0.2) is 0 Å². The van der Waals surface area contributed by atoms with E-state index in [4.69, 9.17) is 0 Å². The quantitative estimate of drug-likeness (QED) is 0.802. The van der Waals surface area contributed by atoms with Gasteiger partial charge in [0.15, 0.2) is 0 Å². The van der Waals surface area contributed by atoms with Gasteiger partial charge >= 0.3 is 6.18 Å². The molecule has 0 atom stereocenters. The van der Waals surface area contributed by atoms with E-state index in [1.54, 1.807) is 36.4 Å². The second kappa shape index (κ2) is 6.43. The third kappa shape index (κ3) is 3.52. The van der Waals surface area contributed by atoms with Crippen LogP contribution in [0, 0.1) is 0 Å². The highest BCUT2D eigenvalue weighted by Gasteiger charge is 2.32. The number of halogens is 3. The predicted octanol–water partition coefficient (Wildman–Crippen LogP) is 3.93. The second-order valence-electron chi connectivity index (χ2n) is 4.47. The second-order valence-corrected chi connectivity index (χ2v) is 4.47. The van der Waals surface area contributed by atoms with E-state index >= 15 is 0 Å². The number of pyridine rings is 1. The van der Waals surface area contributed by atoms with Crippen LogP contribution in [0.1, 0.15) is 16.1 Å². The summed E-state index contributed by atoms with van der Waals surface area (Å²) in [5.74, 6) is -0.438.